The van der Waals surface area contributed by atoms with Crippen LogP contribution in [-0.4, -0.2) is 30.4 Å². The van der Waals surface area contributed by atoms with Crippen LogP contribution in [0.2, 0.25) is 0 Å². The van der Waals surface area contributed by atoms with Crippen molar-refractivity contribution in [1.29, 1.82) is 0 Å². The summed E-state index contributed by atoms with van der Waals surface area (Å²) in [5.41, 5.74) is 0. The molecule has 0 aromatic carbocycles. The largest absolute Gasteiger partial charge is 2.00 e. The third kappa shape index (κ3) is 1410. The van der Waals surface area contributed by atoms with Gasteiger partial charge in [0.05, 0.1) is 0 Å². The van der Waals surface area contributed by atoms with Crippen molar-refractivity contribution in [2.45, 2.75) is 0 Å². The Labute approximate surface area is 51.7 Å². The van der Waals surface area contributed by atoms with Gasteiger partial charge in [0, 0.05) is 0 Å². The Morgan fingerprint density at radius 2 is 0.429 bits per heavy atom. The van der Waals surface area contributed by atoms with Crippen LogP contribution in [0.1, 0.15) is 0 Å². The van der Waals surface area contributed by atoms with E-state index in [1.807, 2.05) is 0 Å². The first kappa shape index (κ1) is 3510. The van der Waals surface area contributed by atoms with Gasteiger partial charge < -0.3 is 20.4 Å². The molecule has 0 amide bonds. The van der Waals surface area contributed by atoms with Crippen molar-refractivity contribution >= 4 is 30.4 Å². The third-order valence-corrected chi connectivity index (χ3v) is 0. The second-order valence-corrected chi connectivity index (χ2v) is 0. The fourth-order valence-electron chi connectivity index (χ4n) is 0. The normalized spacial score (nSPS) is 0. The summed E-state index contributed by atoms with van der Waals surface area (Å²) in [6.45, 7) is 0. The minimum atomic E-state index is 0. The standard InChI is InChI=1S/3Be.2FH.2O/h;;;2*1H;;/q3*+2;;;2*-2/p-2. The van der Waals surface area contributed by atoms with Gasteiger partial charge in [0.25, 0.3) is 0 Å². The summed E-state index contributed by atoms with van der Waals surface area (Å²) in [6.07, 6.45) is 0. The fraction of sp³-hybridized carbons (Fsp3) is 0. The predicted molar refractivity (Wildman–Crippen MR) is 18.6 cm³/mol. The van der Waals surface area contributed by atoms with Crippen molar-refractivity contribution in [2.75, 3.05) is 0 Å². The van der Waals surface area contributed by atoms with Gasteiger partial charge in [0.2, 0.25) is 0 Å². The van der Waals surface area contributed by atoms with Crippen molar-refractivity contribution in [3.8, 4) is 0 Å². The molecule has 0 N–H and O–H groups in total. The summed E-state index contributed by atoms with van der Waals surface area (Å²) in [4.78, 5) is 0. The van der Waals surface area contributed by atoms with Crippen LogP contribution >= 0.6 is 0 Å². The minimum absolute atomic E-state index is 0. The molecule has 7 heavy (non-hydrogen) atoms. The zero-order valence-electron chi connectivity index (χ0n) is 3.69. The maximum atomic E-state index is 0. The van der Waals surface area contributed by atoms with Gasteiger partial charge in [-0.3, -0.25) is 0 Å². The summed E-state index contributed by atoms with van der Waals surface area (Å²) in [6, 6.07) is 0. The molecule has 32 valence electrons. The van der Waals surface area contributed by atoms with Crippen LogP contribution in [0.3, 0.4) is 0 Å². The van der Waals surface area contributed by atoms with Gasteiger partial charge in [-0.05, 0) is 0 Å². The molecule has 0 rings (SSSR count). The van der Waals surface area contributed by atoms with Gasteiger partial charge in [-0.2, -0.15) is 0 Å². The van der Waals surface area contributed by atoms with E-state index in [0.29, 0.717) is 0 Å². The van der Waals surface area contributed by atoms with Gasteiger partial charge in [0.1, 0.15) is 0 Å². The first-order valence-corrected chi connectivity index (χ1v) is 0. The number of hydrogen-bond donors (Lipinski definition) is 0. The summed E-state index contributed by atoms with van der Waals surface area (Å²) in [5, 5.41) is 0. The molecule has 0 heterocycles. The van der Waals surface area contributed by atoms with Gasteiger partial charge in [0.15, 0.2) is 0 Å². The van der Waals surface area contributed by atoms with Gasteiger partial charge >= 0.3 is 30.4 Å². The molecular formula is Be3F2O2. The van der Waals surface area contributed by atoms with Crippen LogP contribution in [0, 0.1) is 0 Å². The molecule has 0 aliphatic heterocycles. The van der Waals surface area contributed by atoms with E-state index in [0.717, 1.165) is 0 Å². The molecule has 0 fully saturated rings. The van der Waals surface area contributed by atoms with E-state index in [2.05, 4.69) is 0 Å². The van der Waals surface area contributed by atoms with E-state index < -0.39 is 0 Å². The van der Waals surface area contributed by atoms with E-state index in [1.165, 1.54) is 0 Å². The molecular weight excluding hydrogens is 97.0 g/mol. The zero-order chi connectivity index (χ0) is 0. The topological polar surface area (TPSA) is 57.0 Å². The quantitative estimate of drug-likeness (QED) is 0.270. The van der Waals surface area contributed by atoms with Crippen molar-refractivity contribution in [1.82, 2.24) is 0 Å². The third-order valence-electron chi connectivity index (χ3n) is 0. The van der Waals surface area contributed by atoms with Gasteiger partial charge in [-0.25, -0.2) is 0 Å². The molecule has 0 unspecified atom stereocenters. The Bertz CT molecular complexity index is 10.9. The van der Waals surface area contributed by atoms with Crippen molar-refractivity contribution in [3.05, 3.63) is 0 Å². The molecule has 0 aromatic heterocycles. The van der Waals surface area contributed by atoms with Crippen LogP contribution in [0.15, 0.2) is 0 Å². The van der Waals surface area contributed by atoms with Crippen molar-refractivity contribution in [3.63, 3.8) is 0 Å². The van der Waals surface area contributed by atoms with Crippen molar-refractivity contribution in [2.24, 2.45) is 0 Å². The molecule has 0 aliphatic rings. The number of halogens is 2. The van der Waals surface area contributed by atoms with E-state index in [4.69, 9.17) is 0 Å². The Morgan fingerprint density at radius 3 is 0.429 bits per heavy atom. The number of rotatable bonds is 0. The van der Waals surface area contributed by atoms with Crippen molar-refractivity contribution < 1.29 is 20.4 Å². The van der Waals surface area contributed by atoms with Crippen LogP contribution in [0.4, 0.5) is 0 Å². The maximum Gasteiger partial charge on any atom is 2.00 e. The molecule has 0 saturated heterocycles. The summed E-state index contributed by atoms with van der Waals surface area (Å²) in [7, 11) is 0. The minimum Gasteiger partial charge on any atom is -2.00 e. The van der Waals surface area contributed by atoms with Crippen LogP contribution in [0.25, 0.3) is 0 Å². The maximum absolute atomic E-state index is 0. The monoisotopic (exact) mass is 97.0 g/mol. The van der Waals surface area contributed by atoms with E-state index in [-0.39, 0.29) is 50.7 Å². The van der Waals surface area contributed by atoms with Crippen LogP contribution < -0.4 is 9.41 Å². The van der Waals surface area contributed by atoms with Gasteiger partial charge in [-0.15, -0.1) is 0 Å². The smallest absolute Gasteiger partial charge is 2.00 e. The molecule has 7 heteroatoms. The van der Waals surface area contributed by atoms with Crippen LogP contribution in [-0.2, 0) is 11.0 Å². The molecule has 0 atom stereocenters. The van der Waals surface area contributed by atoms with Crippen LogP contribution in [0.5, 0.6) is 0 Å². The Kier molecular flexibility index (Phi) is 1070000. The second kappa shape index (κ2) is 2140. The molecule has 0 aliphatic carbocycles. The first-order chi connectivity index (χ1) is 0. The molecule has 0 radical (unpaired) electrons. The molecule has 0 bridgehead atoms. The molecule has 0 aromatic rings. The molecule has 0 spiro atoms. The molecule has 2 nitrogen and oxygen atoms in total. The van der Waals surface area contributed by atoms with Gasteiger partial charge in [-0.1, -0.05) is 0 Å². The Hall–Kier alpha value is 0.286. The average Bonchev–Trinajstić information content (AvgIpc) is 0. The SMILES string of the molecule is [Be+2].[Be+2].[Be+2].[F-].[F-].[O-2].[O-2]. The van der Waals surface area contributed by atoms with E-state index in [9.17, 15) is 0 Å². The Morgan fingerprint density at radius 1 is 0.429 bits per heavy atom. The van der Waals surface area contributed by atoms with E-state index >= 15 is 0 Å². The van der Waals surface area contributed by atoms with E-state index in [1.54, 1.807) is 0 Å². The fourth-order valence-corrected chi connectivity index (χ4v) is 0. The second-order valence-electron chi connectivity index (χ2n) is 0. The Balaban J connectivity index is 0. The average molecular weight is 97.0 g/mol. The summed E-state index contributed by atoms with van der Waals surface area (Å²) >= 11 is 0. The number of hydrogen-bond acceptors (Lipinski definition) is 0. The first-order valence-electron chi connectivity index (χ1n) is 0. The summed E-state index contributed by atoms with van der Waals surface area (Å²) in [5.74, 6) is 0. The summed E-state index contributed by atoms with van der Waals surface area (Å²) < 4.78 is 0. The molecule has 0 saturated carbocycles. The zero-order valence-corrected chi connectivity index (χ0v) is 3.69. The predicted octanol–water partition coefficient (Wildman–Crippen LogP) is -7.37.